The van der Waals surface area contributed by atoms with Crippen molar-refractivity contribution in [2.75, 3.05) is 0 Å². The molecule has 80 valence electrons. The lowest BCUT2D eigenvalue weighted by atomic mass is 10.0. The molecule has 0 saturated carbocycles. The third-order valence-corrected chi connectivity index (χ3v) is 2.74. The van der Waals surface area contributed by atoms with E-state index < -0.39 is 0 Å². The van der Waals surface area contributed by atoms with Gasteiger partial charge in [-0.2, -0.15) is 0 Å². The van der Waals surface area contributed by atoms with Gasteiger partial charge in [-0.1, -0.05) is 13.8 Å². The summed E-state index contributed by atoms with van der Waals surface area (Å²) in [6, 6.07) is 0. The first-order chi connectivity index (χ1) is 6.37. The van der Waals surface area contributed by atoms with Crippen LogP contribution < -0.4 is 5.73 Å². The molecule has 0 aliphatic carbocycles. The molecule has 0 fully saturated rings. The predicted octanol–water partition coefficient (Wildman–Crippen LogP) is 2.62. The summed E-state index contributed by atoms with van der Waals surface area (Å²) in [6.07, 6.45) is 1.94. The number of aromatic nitrogens is 1. The molecule has 0 amide bonds. The molecule has 0 spiro atoms. The standard InChI is InChI=1S/C11H20N2S/c1-8(2)5-10-13-9(7-14-10)6-11(3,4)12/h7-8H,5-6,12H2,1-4H3. The van der Waals surface area contributed by atoms with Crippen LogP contribution in [0, 0.1) is 5.92 Å². The van der Waals surface area contributed by atoms with E-state index in [4.69, 9.17) is 5.73 Å². The molecule has 0 aromatic carbocycles. The molecule has 2 N–H and O–H groups in total. The Kier molecular flexibility index (Phi) is 3.67. The molecule has 2 nitrogen and oxygen atoms in total. The summed E-state index contributed by atoms with van der Waals surface area (Å²) in [4.78, 5) is 4.57. The Morgan fingerprint density at radius 2 is 2.14 bits per heavy atom. The molecule has 0 aliphatic rings. The zero-order chi connectivity index (χ0) is 10.8. The first-order valence-corrected chi connectivity index (χ1v) is 5.97. The molecule has 0 unspecified atom stereocenters. The molecule has 14 heavy (non-hydrogen) atoms. The fourth-order valence-corrected chi connectivity index (χ4v) is 2.35. The second kappa shape index (κ2) is 4.41. The van der Waals surface area contributed by atoms with Crippen LogP contribution in [0.2, 0.25) is 0 Å². The van der Waals surface area contributed by atoms with Crippen LogP contribution in [0.1, 0.15) is 38.4 Å². The SMILES string of the molecule is CC(C)Cc1nc(CC(C)(C)N)cs1. The Balaban J connectivity index is 2.60. The maximum absolute atomic E-state index is 5.94. The van der Waals surface area contributed by atoms with Crippen molar-refractivity contribution in [1.29, 1.82) is 0 Å². The molecule has 0 atom stereocenters. The van der Waals surface area contributed by atoms with Crippen molar-refractivity contribution in [3.05, 3.63) is 16.1 Å². The van der Waals surface area contributed by atoms with Crippen LogP contribution >= 0.6 is 11.3 Å². The first kappa shape index (κ1) is 11.7. The van der Waals surface area contributed by atoms with E-state index in [2.05, 4.69) is 24.2 Å². The predicted molar refractivity (Wildman–Crippen MR) is 62.6 cm³/mol. The maximum Gasteiger partial charge on any atom is 0.0930 e. The third-order valence-electron chi connectivity index (χ3n) is 1.82. The summed E-state index contributed by atoms with van der Waals surface area (Å²) >= 11 is 1.75. The van der Waals surface area contributed by atoms with Crippen molar-refractivity contribution >= 4 is 11.3 Å². The number of hydrogen-bond donors (Lipinski definition) is 1. The summed E-state index contributed by atoms with van der Waals surface area (Å²) in [5.41, 5.74) is 6.93. The molecule has 3 heteroatoms. The van der Waals surface area contributed by atoms with Crippen molar-refractivity contribution in [3.63, 3.8) is 0 Å². The zero-order valence-electron chi connectivity index (χ0n) is 9.50. The third kappa shape index (κ3) is 4.20. The smallest absolute Gasteiger partial charge is 0.0930 e. The van der Waals surface area contributed by atoms with Crippen molar-refractivity contribution < 1.29 is 0 Å². The number of nitrogens with zero attached hydrogens (tertiary/aromatic N) is 1. The first-order valence-electron chi connectivity index (χ1n) is 5.09. The highest BCUT2D eigenvalue weighted by molar-refractivity contribution is 7.09. The van der Waals surface area contributed by atoms with E-state index >= 15 is 0 Å². The maximum atomic E-state index is 5.94. The normalized spacial score (nSPS) is 12.4. The highest BCUT2D eigenvalue weighted by Gasteiger charge is 2.14. The molecule has 0 bridgehead atoms. The topological polar surface area (TPSA) is 38.9 Å². The molecular formula is C11H20N2S. The van der Waals surface area contributed by atoms with Gasteiger partial charge in [0.05, 0.1) is 10.7 Å². The minimum Gasteiger partial charge on any atom is -0.325 e. The van der Waals surface area contributed by atoms with Gasteiger partial charge in [-0.05, 0) is 19.8 Å². The van der Waals surface area contributed by atoms with E-state index in [0.717, 1.165) is 18.5 Å². The van der Waals surface area contributed by atoms with Crippen LogP contribution in [-0.4, -0.2) is 10.5 Å². The highest BCUT2D eigenvalue weighted by atomic mass is 32.1. The second-order valence-corrected chi connectivity index (χ2v) is 5.94. The number of nitrogens with two attached hydrogens (primary N) is 1. The van der Waals surface area contributed by atoms with Crippen LogP contribution in [0.15, 0.2) is 5.38 Å². The van der Waals surface area contributed by atoms with E-state index in [0.29, 0.717) is 5.92 Å². The van der Waals surface area contributed by atoms with Gasteiger partial charge in [-0.15, -0.1) is 11.3 Å². The van der Waals surface area contributed by atoms with Crippen molar-refractivity contribution in [2.45, 2.75) is 46.1 Å². The Labute approximate surface area is 90.6 Å². The molecule has 1 heterocycles. The lowest BCUT2D eigenvalue weighted by molar-refractivity contribution is 0.510. The van der Waals surface area contributed by atoms with Crippen LogP contribution in [0.3, 0.4) is 0 Å². The van der Waals surface area contributed by atoms with Gasteiger partial charge in [0.15, 0.2) is 0 Å². The molecule has 0 saturated heterocycles. The molecule has 0 radical (unpaired) electrons. The number of hydrogen-bond acceptors (Lipinski definition) is 3. The van der Waals surface area contributed by atoms with E-state index in [-0.39, 0.29) is 5.54 Å². The lowest BCUT2D eigenvalue weighted by Gasteiger charge is -2.16. The molecule has 0 aliphatic heterocycles. The minimum absolute atomic E-state index is 0.150. The van der Waals surface area contributed by atoms with Gasteiger partial charge < -0.3 is 5.73 Å². The molecule has 1 rings (SSSR count). The number of rotatable bonds is 4. The van der Waals surface area contributed by atoms with E-state index in [1.807, 2.05) is 13.8 Å². The average Bonchev–Trinajstić information content (AvgIpc) is 2.30. The van der Waals surface area contributed by atoms with E-state index in [1.54, 1.807) is 11.3 Å². The van der Waals surface area contributed by atoms with Gasteiger partial charge in [0.25, 0.3) is 0 Å². The fourth-order valence-electron chi connectivity index (χ4n) is 1.34. The Morgan fingerprint density at radius 3 is 2.64 bits per heavy atom. The minimum atomic E-state index is -0.150. The Hall–Kier alpha value is -0.410. The molecule has 1 aromatic heterocycles. The van der Waals surface area contributed by atoms with E-state index in [9.17, 15) is 0 Å². The second-order valence-electron chi connectivity index (χ2n) is 5.00. The average molecular weight is 212 g/mol. The quantitative estimate of drug-likeness (QED) is 0.833. The summed E-state index contributed by atoms with van der Waals surface area (Å²) in [5, 5.41) is 3.37. The van der Waals surface area contributed by atoms with Crippen LogP contribution in [0.5, 0.6) is 0 Å². The van der Waals surface area contributed by atoms with Gasteiger partial charge >= 0.3 is 0 Å². The fraction of sp³-hybridized carbons (Fsp3) is 0.727. The molecular weight excluding hydrogens is 192 g/mol. The lowest BCUT2D eigenvalue weighted by Crippen LogP contribution is -2.34. The van der Waals surface area contributed by atoms with Crippen molar-refractivity contribution in [2.24, 2.45) is 11.7 Å². The van der Waals surface area contributed by atoms with Gasteiger partial charge in [0.1, 0.15) is 0 Å². The van der Waals surface area contributed by atoms with Crippen molar-refractivity contribution in [1.82, 2.24) is 4.98 Å². The Bertz CT molecular complexity index is 284. The van der Waals surface area contributed by atoms with E-state index in [1.165, 1.54) is 5.01 Å². The van der Waals surface area contributed by atoms with Crippen molar-refractivity contribution in [3.8, 4) is 0 Å². The monoisotopic (exact) mass is 212 g/mol. The largest absolute Gasteiger partial charge is 0.325 e. The highest BCUT2D eigenvalue weighted by Crippen LogP contribution is 2.17. The van der Waals surface area contributed by atoms with Gasteiger partial charge in [-0.3, -0.25) is 0 Å². The summed E-state index contributed by atoms with van der Waals surface area (Å²) in [7, 11) is 0. The Morgan fingerprint density at radius 1 is 1.50 bits per heavy atom. The summed E-state index contributed by atoms with van der Waals surface area (Å²) in [5.74, 6) is 0.680. The zero-order valence-corrected chi connectivity index (χ0v) is 10.3. The van der Waals surface area contributed by atoms with Gasteiger partial charge in [0, 0.05) is 23.8 Å². The number of thiazole rings is 1. The van der Waals surface area contributed by atoms with Gasteiger partial charge in [0.2, 0.25) is 0 Å². The van der Waals surface area contributed by atoms with Gasteiger partial charge in [-0.25, -0.2) is 4.98 Å². The van der Waals surface area contributed by atoms with Crippen LogP contribution in [0.4, 0.5) is 0 Å². The van der Waals surface area contributed by atoms with Crippen LogP contribution in [0.25, 0.3) is 0 Å². The van der Waals surface area contributed by atoms with Crippen LogP contribution in [-0.2, 0) is 12.8 Å². The molecule has 1 aromatic rings. The summed E-state index contributed by atoms with van der Waals surface area (Å²) < 4.78 is 0. The summed E-state index contributed by atoms with van der Waals surface area (Å²) in [6.45, 7) is 8.50.